The molecule has 0 bridgehead atoms. The highest BCUT2D eigenvalue weighted by molar-refractivity contribution is 5.79. The second-order valence-electron chi connectivity index (χ2n) is 2.58. The summed E-state index contributed by atoms with van der Waals surface area (Å²) in [5.74, 6) is -0.149. The zero-order chi connectivity index (χ0) is 7.44. The fourth-order valence-electron chi connectivity index (χ4n) is 0.588. The lowest BCUT2D eigenvalue weighted by Gasteiger charge is -2.07. The van der Waals surface area contributed by atoms with E-state index in [0.29, 0.717) is 12.3 Å². The Bertz CT molecular complexity index is 101. The number of nitrogens with one attached hydrogen (secondary N) is 1. The zero-order valence-electron chi connectivity index (χ0n) is 5.85. The maximum Gasteiger partial charge on any atom is 0.235 e. The van der Waals surface area contributed by atoms with Gasteiger partial charge in [-0.2, -0.15) is 0 Å². The van der Waals surface area contributed by atoms with E-state index in [-0.39, 0.29) is 0 Å². The van der Waals surface area contributed by atoms with Gasteiger partial charge in [0.05, 0.1) is 6.04 Å². The molecule has 0 spiro atoms. The van der Waals surface area contributed by atoms with Gasteiger partial charge in [0.1, 0.15) is 0 Å². The SMILES string of the molecule is CC(C)CC([NH])C(N)=O. The quantitative estimate of drug-likeness (QED) is 0.580. The van der Waals surface area contributed by atoms with Crippen LogP contribution < -0.4 is 11.5 Å². The van der Waals surface area contributed by atoms with Crippen LogP contribution in [0.15, 0.2) is 0 Å². The monoisotopic (exact) mass is 129 g/mol. The van der Waals surface area contributed by atoms with E-state index < -0.39 is 11.9 Å². The third kappa shape index (κ3) is 3.97. The molecule has 0 heterocycles. The van der Waals surface area contributed by atoms with Gasteiger partial charge < -0.3 is 5.73 Å². The molecule has 53 valence electrons. The number of hydrogen-bond donors (Lipinski definition) is 1. The highest BCUT2D eigenvalue weighted by Crippen LogP contribution is 2.02. The van der Waals surface area contributed by atoms with Gasteiger partial charge in [-0.1, -0.05) is 13.8 Å². The van der Waals surface area contributed by atoms with Crippen LogP contribution in [-0.2, 0) is 4.79 Å². The molecule has 1 amide bonds. The summed E-state index contributed by atoms with van der Waals surface area (Å²) in [6.07, 6.45) is 0.565. The Hall–Kier alpha value is -0.570. The Balaban J connectivity index is 3.50. The standard InChI is InChI=1S/C6H13N2O/c1-4(2)3-5(7)6(8)9/h4-5,7H,3H2,1-2H3,(H2,8,9). The summed E-state index contributed by atoms with van der Waals surface area (Å²) in [6, 6.07) is -0.718. The molecule has 0 saturated heterocycles. The van der Waals surface area contributed by atoms with E-state index in [9.17, 15) is 4.79 Å². The summed E-state index contributed by atoms with van der Waals surface area (Å²) in [5.41, 5.74) is 11.9. The third-order valence-electron chi connectivity index (χ3n) is 1.05. The van der Waals surface area contributed by atoms with E-state index in [1.54, 1.807) is 0 Å². The number of carbonyl (C=O) groups excluding carboxylic acids is 1. The van der Waals surface area contributed by atoms with Crippen molar-refractivity contribution in [2.75, 3.05) is 0 Å². The molecule has 0 aliphatic rings. The normalized spacial score (nSPS) is 13.8. The fourth-order valence-corrected chi connectivity index (χ4v) is 0.588. The highest BCUT2D eigenvalue weighted by Gasteiger charge is 2.10. The highest BCUT2D eigenvalue weighted by atomic mass is 16.1. The largest absolute Gasteiger partial charge is 0.368 e. The fraction of sp³-hybridized carbons (Fsp3) is 0.833. The van der Waals surface area contributed by atoms with Gasteiger partial charge in [-0.3, -0.25) is 4.79 Å². The molecule has 1 radical (unpaired) electrons. The first-order valence-corrected chi connectivity index (χ1v) is 3.04. The van der Waals surface area contributed by atoms with E-state index in [4.69, 9.17) is 11.5 Å². The van der Waals surface area contributed by atoms with Crippen LogP contribution in [0, 0.1) is 5.92 Å². The van der Waals surface area contributed by atoms with Crippen molar-refractivity contribution >= 4 is 5.91 Å². The van der Waals surface area contributed by atoms with Gasteiger partial charge >= 0.3 is 0 Å². The molecule has 0 aliphatic carbocycles. The molecule has 0 aromatic heterocycles. The van der Waals surface area contributed by atoms with Crippen LogP contribution in [0.5, 0.6) is 0 Å². The van der Waals surface area contributed by atoms with E-state index in [2.05, 4.69) is 0 Å². The number of hydrogen-bond acceptors (Lipinski definition) is 1. The summed E-state index contributed by atoms with van der Waals surface area (Å²) in [7, 11) is 0. The van der Waals surface area contributed by atoms with Gasteiger partial charge in [0.2, 0.25) is 5.91 Å². The molecule has 0 rings (SSSR count). The first kappa shape index (κ1) is 8.43. The number of primary amides is 1. The summed E-state index contributed by atoms with van der Waals surface area (Å²) in [5, 5.41) is 0. The van der Waals surface area contributed by atoms with Crippen molar-refractivity contribution < 1.29 is 4.79 Å². The molecular weight excluding hydrogens is 116 g/mol. The minimum absolute atomic E-state index is 0.375. The molecule has 0 aromatic carbocycles. The number of rotatable bonds is 3. The molecular formula is C6H13N2O. The molecule has 1 unspecified atom stereocenters. The molecule has 0 aliphatic heterocycles. The van der Waals surface area contributed by atoms with Crippen molar-refractivity contribution in [3.63, 3.8) is 0 Å². The number of amides is 1. The van der Waals surface area contributed by atoms with Crippen molar-refractivity contribution in [1.82, 2.24) is 5.73 Å². The lowest BCUT2D eigenvalue weighted by Crippen LogP contribution is -2.30. The Labute approximate surface area is 55.4 Å². The first-order chi connectivity index (χ1) is 4.04. The van der Waals surface area contributed by atoms with Crippen molar-refractivity contribution in [2.45, 2.75) is 26.3 Å². The van der Waals surface area contributed by atoms with Gasteiger partial charge in [0.25, 0.3) is 0 Å². The average molecular weight is 129 g/mol. The summed E-state index contributed by atoms with van der Waals surface area (Å²) >= 11 is 0. The van der Waals surface area contributed by atoms with Crippen LogP contribution >= 0.6 is 0 Å². The Morgan fingerprint density at radius 1 is 1.67 bits per heavy atom. The molecule has 3 N–H and O–H groups in total. The third-order valence-corrected chi connectivity index (χ3v) is 1.05. The lowest BCUT2D eigenvalue weighted by atomic mass is 10.0. The van der Waals surface area contributed by atoms with Crippen molar-refractivity contribution in [3.05, 3.63) is 0 Å². The maximum absolute atomic E-state index is 10.3. The maximum atomic E-state index is 10.3. The predicted octanol–water partition coefficient (Wildman–Crippen LogP) is 0.169. The molecule has 0 aromatic rings. The lowest BCUT2D eigenvalue weighted by molar-refractivity contribution is -0.119. The molecule has 0 saturated carbocycles. The minimum Gasteiger partial charge on any atom is -0.368 e. The van der Waals surface area contributed by atoms with Crippen LogP contribution in [0.1, 0.15) is 20.3 Å². The van der Waals surface area contributed by atoms with Gasteiger partial charge in [-0.05, 0) is 12.3 Å². The first-order valence-electron chi connectivity index (χ1n) is 3.04. The number of carbonyl (C=O) groups is 1. The van der Waals surface area contributed by atoms with Gasteiger partial charge in [-0.15, -0.1) is 0 Å². The Morgan fingerprint density at radius 2 is 2.11 bits per heavy atom. The van der Waals surface area contributed by atoms with E-state index in [1.807, 2.05) is 13.8 Å². The predicted molar refractivity (Wildman–Crippen MR) is 35.5 cm³/mol. The van der Waals surface area contributed by atoms with Crippen LogP contribution in [0.3, 0.4) is 0 Å². The van der Waals surface area contributed by atoms with Crippen LogP contribution in [0.4, 0.5) is 0 Å². The van der Waals surface area contributed by atoms with Crippen molar-refractivity contribution in [2.24, 2.45) is 11.7 Å². The van der Waals surface area contributed by atoms with E-state index in [0.717, 1.165) is 0 Å². The second kappa shape index (κ2) is 3.45. The van der Waals surface area contributed by atoms with E-state index >= 15 is 0 Å². The van der Waals surface area contributed by atoms with Crippen LogP contribution in [-0.4, -0.2) is 11.9 Å². The molecule has 0 fully saturated rings. The van der Waals surface area contributed by atoms with Gasteiger partial charge in [-0.25, -0.2) is 5.73 Å². The van der Waals surface area contributed by atoms with Gasteiger partial charge in [0.15, 0.2) is 0 Å². The minimum atomic E-state index is -0.718. The molecule has 3 heteroatoms. The molecule has 1 atom stereocenters. The smallest absolute Gasteiger partial charge is 0.235 e. The average Bonchev–Trinajstić information content (AvgIpc) is 1.63. The van der Waals surface area contributed by atoms with Crippen molar-refractivity contribution in [1.29, 1.82) is 0 Å². The number of nitrogens with two attached hydrogens (primary N) is 1. The zero-order valence-corrected chi connectivity index (χ0v) is 5.85. The van der Waals surface area contributed by atoms with Gasteiger partial charge in [0, 0.05) is 0 Å². The topological polar surface area (TPSA) is 66.9 Å². The van der Waals surface area contributed by atoms with Crippen molar-refractivity contribution in [3.8, 4) is 0 Å². The molecule has 9 heavy (non-hydrogen) atoms. The second-order valence-corrected chi connectivity index (χ2v) is 2.58. The molecule has 3 nitrogen and oxygen atoms in total. The summed E-state index contributed by atoms with van der Waals surface area (Å²) in [6.45, 7) is 3.93. The summed E-state index contributed by atoms with van der Waals surface area (Å²) in [4.78, 5) is 10.3. The Morgan fingerprint density at radius 3 is 2.22 bits per heavy atom. The Kier molecular flexibility index (Phi) is 3.24. The van der Waals surface area contributed by atoms with Crippen LogP contribution in [0.2, 0.25) is 0 Å². The van der Waals surface area contributed by atoms with Crippen LogP contribution in [0.25, 0.3) is 0 Å². The summed E-state index contributed by atoms with van der Waals surface area (Å²) < 4.78 is 0. The van der Waals surface area contributed by atoms with E-state index in [1.165, 1.54) is 0 Å².